The molecule has 0 radical (unpaired) electrons. The Morgan fingerprint density at radius 1 is 1.12 bits per heavy atom. The van der Waals surface area contributed by atoms with E-state index in [4.69, 9.17) is 0 Å². The maximum Gasteiger partial charge on any atom is 0.272 e. The predicted molar refractivity (Wildman–Crippen MR) is 101 cm³/mol. The van der Waals surface area contributed by atoms with Gasteiger partial charge in [0.05, 0.1) is 6.20 Å². The molecule has 2 atom stereocenters. The Bertz CT molecular complexity index is 743. The van der Waals surface area contributed by atoms with Crippen molar-refractivity contribution in [2.45, 2.75) is 37.3 Å². The number of carbonyl (C=O) groups excluding carboxylic acids is 1. The highest BCUT2D eigenvalue weighted by Crippen LogP contribution is 2.36. The van der Waals surface area contributed by atoms with E-state index in [-0.39, 0.29) is 5.91 Å². The first kappa shape index (κ1) is 16.7. The van der Waals surface area contributed by atoms with E-state index in [0.717, 1.165) is 36.3 Å². The molecule has 1 saturated heterocycles. The molecule has 2 aliphatic rings. The van der Waals surface area contributed by atoms with E-state index in [0.29, 0.717) is 11.6 Å². The first-order chi connectivity index (χ1) is 12.3. The van der Waals surface area contributed by atoms with E-state index < -0.39 is 0 Å². The zero-order valence-electron chi connectivity index (χ0n) is 14.7. The van der Waals surface area contributed by atoms with E-state index in [1.54, 1.807) is 18.0 Å². The number of benzene rings is 1. The van der Waals surface area contributed by atoms with Gasteiger partial charge >= 0.3 is 0 Å². The highest BCUT2D eigenvalue weighted by atomic mass is 32.2. The van der Waals surface area contributed by atoms with Gasteiger partial charge in [-0.1, -0.05) is 49.2 Å². The summed E-state index contributed by atoms with van der Waals surface area (Å²) in [5.41, 5.74) is 1.69. The molecular weight excluding hydrogens is 330 g/mol. The van der Waals surface area contributed by atoms with Crippen molar-refractivity contribution in [1.82, 2.24) is 14.5 Å². The number of hydrogen-bond acceptors (Lipinski definition) is 3. The van der Waals surface area contributed by atoms with Gasteiger partial charge in [0, 0.05) is 18.8 Å². The monoisotopic (exact) mass is 355 g/mol. The summed E-state index contributed by atoms with van der Waals surface area (Å²) in [4.78, 5) is 19.8. The van der Waals surface area contributed by atoms with Crippen LogP contribution in [-0.2, 0) is 0 Å². The fourth-order valence-electron chi connectivity index (χ4n) is 4.40. The fraction of sp³-hybridized carbons (Fsp3) is 0.500. The number of imidazole rings is 1. The molecule has 0 N–H and O–H groups in total. The molecule has 1 amide bonds. The van der Waals surface area contributed by atoms with Crippen molar-refractivity contribution in [1.29, 1.82) is 0 Å². The molecule has 2 aromatic rings. The minimum atomic E-state index is 0.126. The molecule has 0 unspecified atom stereocenters. The molecule has 1 aliphatic heterocycles. The molecule has 5 heteroatoms. The summed E-state index contributed by atoms with van der Waals surface area (Å²) in [6, 6.07) is 10.1. The third-order valence-corrected chi connectivity index (χ3v) is 6.38. The Labute approximate surface area is 153 Å². The van der Waals surface area contributed by atoms with E-state index in [9.17, 15) is 4.79 Å². The molecule has 1 aromatic heterocycles. The summed E-state index contributed by atoms with van der Waals surface area (Å²) in [6.07, 6.45) is 10.2. The van der Waals surface area contributed by atoms with Crippen LogP contribution in [0.3, 0.4) is 0 Å². The van der Waals surface area contributed by atoms with Crippen LogP contribution in [0.4, 0.5) is 0 Å². The lowest BCUT2D eigenvalue weighted by Gasteiger charge is -2.41. The SMILES string of the molecule is CSc1ncc(C(=O)N2CC[C@H]3CCCC[C@H]3C2)n1-c1ccccc1. The summed E-state index contributed by atoms with van der Waals surface area (Å²) >= 11 is 1.57. The van der Waals surface area contributed by atoms with Crippen LogP contribution in [0.5, 0.6) is 0 Å². The molecule has 132 valence electrons. The van der Waals surface area contributed by atoms with Gasteiger partial charge in [-0.25, -0.2) is 4.98 Å². The molecule has 0 bridgehead atoms. The van der Waals surface area contributed by atoms with E-state index in [1.165, 1.54) is 25.7 Å². The van der Waals surface area contributed by atoms with Gasteiger partial charge in [0.2, 0.25) is 0 Å². The van der Waals surface area contributed by atoms with E-state index in [1.807, 2.05) is 41.2 Å². The smallest absolute Gasteiger partial charge is 0.272 e. The van der Waals surface area contributed by atoms with Gasteiger partial charge in [0.15, 0.2) is 5.16 Å². The van der Waals surface area contributed by atoms with Crippen LogP contribution in [0, 0.1) is 11.8 Å². The van der Waals surface area contributed by atoms with Crippen LogP contribution in [0.25, 0.3) is 5.69 Å². The number of thioether (sulfide) groups is 1. The van der Waals surface area contributed by atoms with Crippen molar-refractivity contribution in [3.63, 3.8) is 0 Å². The molecule has 1 aromatic carbocycles. The number of rotatable bonds is 3. The number of carbonyl (C=O) groups is 1. The van der Waals surface area contributed by atoms with Gasteiger partial charge in [-0.15, -0.1) is 0 Å². The highest BCUT2D eigenvalue weighted by Gasteiger charge is 2.34. The average Bonchev–Trinajstić information content (AvgIpc) is 3.11. The summed E-state index contributed by atoms with van der Waals surface area (Å²) in [5, 5.41) is 0.863. The highest BCUT2D eigenvalue weighted by molar-refractivity contribution is 7.98. The van der Waals surface area contributed by atoms with Crippen molar-refractivity contribution in [3.8, 4) is 5.69 Å². The Morgan fingerprint density at radius 2 is 1.88 bits per heavy atom. The Balaban J connectivity index is 1.61. The first-order valence-corrected chi connectivity index (χ1v) is 10.5. The van der Waals surface area contributed by atoms with Gasteiger partial charge < -0.3 is 4.90 Å². The standard InChI is InChI=1S/C20H25N3OS/c1-25-20-21-13-18(23(20)17-9-3-2-4-10-17)19(24)22-12-11-15-7-5-6-8-16(15)14-22/h2-4,9-10,13,15-16H,5-8,11-12,14H2,1H3/t15-,16+/m1/s1. The zero-order chi connectivity index (χ0) is 17.2. The molecule has 2 fully saturated rings. The largest absolute Gasteiger partial charge is 0.337 e. The van der Waals surface area contributed by atoms with Crippen molar-refractivity contribution in [3.05, 3.63) is 42.2 Å². The molecule has 2 heterocycles. The normalized spacial score (nSPS) is 23.3. The van der Waals surface area contributed by atoms with Gasteiger partial charge in [0.25, 0.3) is 5.91 Å². The molecule has 1 aliphatic carbocycles. The van der Waals surface area contributed by atoms with Gasteiger partial charge in [0.1, 0.15) is 5.69 Å². The number of hydrogen-bond donors (Lipinski definition) is 0. The number of fused-ring (bicyclic) bond motifs is 1. The number of piperidine rings is 1. The number of aromatic nitrogens is 2. The van der Waals surface area contributed by atoms with Gasteiger partial charge in [-0.3, -0.25) is 9.36 Å². The maximum atomic E-state index is 13.3. The third kappa shape index (κ3) is 3.22. The molecule has 4 rings (SSSR count). The van der Waals surface area contributed by atoms with Crippen LogP contribution in [0.1, 0.15) is 42.6 Å². The lowest BCUT2D eigenvalue weighted by atomic mass is 9.75. The second-order valence-corrected chi connectivity index (χ2v) is 7.92. The number of para-hydroxylation sites is 1. The number of nitrogens with zero attached hydrogens (tertiary/aromatic N) is 3. The molecule has 1 saturated carbocycles. The van der Waals surface area contributed by atoms with Crippen LogP contribution >= 0.6 is 11.8 Å². The maximum absolute atomic E-state index is 13.3. The zero-order valence-corrected chi connectivity index (χ0v) is 15.5. The quantitative estimate of drug-likeness (QED) is 0.773. The Hall–Kier alpha value is -1.75. The van der Waals surface area contributed by atoms with Gasteiger partial charge in [-0.05, 0) is 43.1 Å². The van der Waals surface area contributed by atoms with Gasteiger partial charge in [-0.2, -0.15) is 0 Å². The minimum Gasteiger partial charge on any atom is -0.337 e. The fourth-order valence-corrected chi connectivity index (χ4v) is 4.95. The summed E-state index contributed by atoms with van der Waals surface area (Å²) < 4.78 is 2.00. The number of amides is 1. The predicted octanol–water partition coefficient (Wildman–Crippen LogP) is 4.25. The topological polar surface area (TPSA) is 38.1 Å². The Morgan fingerprint density at radius 3 is 2.64 bits per heavy atom. The first-order valence-electron chi connectivity index (χ1n) is 9.24. The number of likely N-dealkylation sites (tertiary alicyclic amines) is 1. The third-order valence-electron chi connectivity index (χ3n) is 5.72. The van der Waals surface area contributed by atoms with E-state index >= 15 is 0 Å². The second-order valence-electron chi connectivity index (χ2n) is 7.15. The van der Waals surface area contributed by atoms with Crippen LogP contribution in [0.15, 0.2) is 41.7 Å². The lowest BCUT2D eigenvalue weighted by molar-refractivity contribution is 0.0513. The Kier molecular flexibility index (Phi) is 4.84. The summed E-state index contributed by atoms with van der Waals surface area (Å²) in [7, 11) is 0. The second kappa shape index (κ2) is 7.24. The van der Waals surface area contributed by atoms with Crippen LogP contribution in [-0.4, -0.2) is 39.7 Å². The van der Waals surface area contributed by atoms with Crippen molar-refractivity contribution in [2.75, 3.05) is 19.3 Å². The minimum absolute atomic E-state index is 0.126. The summed E-state index contributed by atoms with van der Waals surface area (Å²) in [6.45, 7) is 1.80. The van der Waals surface area contributed by atoms with Crippen LogP contribution < -0.4 is 0 Å². The molecular formula is C20H25N3OS. The molecule has 25 heavy (non-hydrogen) atoms. The average molecular weight is 356 g/mol. The van der Waals surface area contributed by atoms with Crippen molar-refractivity contribution >= 4 is 17.7 Å². The van der Waals surface area contributed by atoms with Crippen molar-refractivity contribution < 1.29 is 4.79 Å². The van der Waals surface area contributed by atoms with Crippen molar-refractivity contribution in [2.24, 2.45) is 11.8 Å². The summed E-state index contributed by atoms with van der Waals surface area (Å²) in [5.74, 6) is 1.65. The van der Waals surface area contributed by atoms with Crippen LogP contribution in [0.2, 0.25) is 0 Å². The lowest BCUT2D eigenvalue weighted by Crippen LogP contribution is -2.45. The molecule has 0 spiro atoms. The van der Waals surface area contributed by atoms with E-state index in [2.05, 4.69) is 9.88 Å². The molecule has 4 nitrogen and oxygen atoms in total.